The molecule has 1 N–H and O–H groups in total. The Morgan fingerprint density at radius 2 is 1.81 bits per heavy atom. The minimum atomic E-state index is -4.62. The number of nitro benzene ring substituents is 1. The van der Waals surface area contributed by atoms with Crippen LogP contribution in [0.25, 0.3) is 0 Å². The number of hydrogen-bond acceptors (Lipinski definition) is 7. The number of rotatable bonds is 6. The van der Waals surface area contributed by atoms with Crippen molar-refractivity contribution in [2.45, 2.75) is 24.1 Å². The van der Waals surface area contributed by atoms with Crippen LogP contribution in [0.5, 0.6) is 0 Å². The molecule has 0 aliphatic heterocycles. The number of nitrogens with zero attached hydrogens (tertiary/aromatic N) is 1. The van der Waals surface area contributed by atoms with Crippen LogP contribution in [0.3, 0.4) is 0 Å². The summed E-state index contributed by atoms with van der Waals surface area (Å²) in [7, 11) is -3.94. The molecule has 13 heteroatoms. The van der Waals surface area contributed by atoms with Crippen molar-refractivity contribution in [1.29, 1.82) is 0 Å². The van der Waals surface area contributed by atoms with E-state index >= 15 is 0 Å². The highest BCUT2D eigenvalue weighted by Crippen LogP contribution is 2.30. The van der Waals surface area contributed by atoms with Crippen molar-refractivity contribution >= 4 is 33.1 Å². The number of carbonyl (C=O) groups excluding carboxylic acids is 2. The number of nitrogens with one attached hydrogen (secondary N) is 1. The van der Waals surface area contributed by atoms with Crippen LogP contribution >= 0.6 is 0 Å². The SMILES string of the molecule is C[C@@H](OC(=O)c1ccc(S(C)(=O)=O)c([N+](=O)[O-])c1)C(=O)Nc1cccc(C(F)(F)F)c1. The van der Waals surface area contributed by atoms with Gasteiger partial charge in [0.15, 0.2) is 15.9 Å². The summed E-state index contributed by atoms with van der Waals surface area (Å²) < 4.78 is 66.4. The number of benzene rings is 2. The third-order valence-electron chi connectivity index (χ3n) is 3.90. The van der Waals surface area contributed by atoms with Crippen molar-refractivity contribution in [3.63, 3.8) is 0 Å². The smallest absolute Gasteiger partial charge is 0.416 e. The Balaban J connectivity index is 2.16. The van der Waals surface area contributed by atoms with Crippen LogP contribution in [0.15, 0.2) is 47.4 Å². The van der Waals surface area contributed by atoms with E-state index in [2.05, 4.69) is 5.32 Å². The van der Waals surface area contributed by atoms with Gasteiger partial charge in [0.25, 0.3) is 11.6 Å². The van der Waals surface area contributed by atoms with Crippen LogP contribution in [0, 0.1) is 10.1 Å². The highest BCUT2D eigenvalue weighted by molar-refractivity contribution is 7.90. The van der Waals surface area contributed by atoms with E-state index in [1.165, 1.54) is 6.07 Å². The number of esters is 1. The van der Waals surface area contributed by atoms with E-state index in [1.807, 2.05) is 0 Å². The molecule has 2 rings (SSSR count). The molecule has 0 aliphatic carbocycles. The molecule has 0 fully saturated rings. The van der Waals surface area contributed by atoms with Crippen molar-refractivity contribution in [2.24, 2.45) is 0 Å². The fraction of sp³-hybridized carbons (Fsp3) is 0.222. The Hall–Kier alpha value is -3.48. The van der Waals surface area contributed by atoms with Gasteiger partial charge in [-0.25, -0.2) is 13.2 Å². The summed E-state index contributed by atoms with van der Waals surface area (Å²) >= 11 is 0. The van der Waals surface area contributed by atoms with E-state index in [0.29, 0.717) is 12.1 Å². The molecule has 2 aromatic rings. The first kappa shape index (κ1) is 23.8. The van der Waals surface area contributed by atoms with Gasteiger partial charge in [0.1, 0.15) is 4.90 Å². The molecule has 0 aromatic heterocycles. The Kier molecular flexibility index (Phi) is 6.69. The van der Waals surface area contributed by atoms with Gasteiger partial charge in [-0.3, -0.25) is 14.9 Å². The van der Waals surface area contributed by atoms with Crippen LogP contribution in [0.2, 0.25) is 0 Å². The normalized spacial score (nSPS) is 12.7. The Morgan fingerprint density at radius 1 is 1.16 bits per heavy atom. The lowest BCUT2D eigenvalue weighted by molar-refractivity contribution is -0.387. The van der Waals surface area contributed by atoms with Gasteiger partial charge in [-0.15, -0.1) is 0 Å². The van der Waals surface area contributed by atoms with Crippen LogP contribution in [-0.4, -0.2) is 37.6 Å². The summed E-state index contributed by atoms with van der Waals surface area (Å²) in [5, 5.41) is 13.3. The monoisotopic (exact) mass is 460 g/mol. The topological polar surface area (TPSA) is 133 Å². The summed E-state index contributed by atoms with van der Waals surface area (Å²) in [6, 6.07) is 6.31. The van der Waals surface area contributed by atoms with Gasteiger partial charge in [-0.1, -0.05) is 6.07 Å². The zero-order valence-electron chi connectivity index (χ0n) is 16.0. The lowest BCUT2D eigenvalue weighted by atomic mass is 10.2. The molecule has 1 amide bonds. The standard InChI is InChI=1S/C18H15F3N2O7S/c1-10(16(24)22-13-5-3-4-12(9-13)18(19,20)21)30-17(25)11-6-7-15(31(2,28)29)14(8-11)23(26)27/h3-10H,1-2H3,(H,22,24)/t10-/m1/s1. The number of nitro groups is 1. The summed E-state index contributed by atoms with van der Waals surface area (Å²) in [5.74, 6) is -2.12. The molecule has 0 saturated carbocycles. The average Bonchev–Trinajstić information content (AvgIpc) is 2.66. The number of carbonyl (C=O) groups is 2. The number of ether oxygens (including phenoxy) is 1. The maximum absolute atomic E-state index is 12.7. The first-order valence-electron chi connectivity index (χ1n) is 8.37. The molecule has 0 radical (unpaired) electrons. The van der Waals surface area contributed by atoms with Crippen LogP contribution in [-0.2, 0) is 25.5 Å². The predicted octanol–water partition coefficient (Wildman–Crippen LogP) is 3.20. The van der Waals surface area contributed by atoms with Crippen LogP contribution < -0.4 is 5.32 Å². The van der Waals surface area contributed by atoms with Gasteiger partial charge in [-0.2, -0.15) is 13.2 Å². The fourth-order valence-corrected chi connectivity index (χ4v) is 3.23. The second kappa shape index (κ2) is 8.71. The molecule has 0 aliphatic rings. The number of hydrogen-bond donors (Lipinski definition) is 1. The summed E-state index contributed by atoms with van der Waals surface area (Å²) in [6.07, 6.45) is -5.34. The van der Waals surface area contributed by atoms with Gasteiger partial charge in [0.05, 0.1) is 16.1 Å². The van der Waals surface area contributed by atoms with Crippen molar-refractivity contribution < 1.29 is 40.8 Å². The number of amides is 1. The Labute approximate surface area is 173 Å². The molecular formula is C18H15F3N2O7S. The maximum Gasteiger partial charge on any atom is 0.416 e. The summed E-state index contributed by atoms with van der Waals surface area (Å²) in [6.45, 7) is 1.14. The quantitative estimate of drug-likeness (QED) is 0.398. The lowest BCUT2D eigenvalue weighted by Crippen LogP contribution is -2.30. The van der Waals surface area contributed by atoms with Crippen molar-refractivity contribution in [3.8, 4) is 0 Å². The van der Waals surface area contributed by atoms with E-state index in [1.54, 1.807) is 0 Å². The van der Waals surface area contributed by atoms with Gasteiger partial charge in [-0.05, 0) is 37.3 Å². The van der Waals surface area contributed by atoms with E-state index in [4.69, 9.17) is 4.74 Å². The van der Waals surface area contributed by atoms with Gasteiger partial charge >= 0.3 is 12.1 Å². The number of sulfone groups is 1. The molecule has 166 valence electrons. The fourth-order valence-electron chi connectivity index (χ4n) is 2.40. The lowest BCUT2D eigenvalue weighted by Gasteiger charge is -2.15. The molecule has 1 atom stereocenters. The first-order valence-corrected chi connectivity index (χ1v) is 10.3. The zero-order chi connectivity index (χ0) is 23.6. The average molecular weight is 460 g/mol. The molecule has 9 nitrogen and oxygen atoms in total. The van der Waals surface area contributed by atoms with Gasteiger partial charge in [0.2, 0.25) is 0 Å². The molecule has 0 unspecified atom stereocenters. The number of alkyl halides is 3. The van der Waals surface area contributed by atoms with Crippen LogP contribution in [0.4, 0.5) is 24.5 Å². The Morgan fingerprint density at radius 3 is 2.35 bits per heavy atom. The molecule has 2 aromatic carbocycles. The van der Waals surface area contributed by atoms with E-state index < -0.39 is 60.6 Å². The number of halogens is 3. The van der Waals surface area contributed by atoms with Gasteiger partial charge < -0.3 is 10.1 Å². The molecule has 0 saturated heterocycles. The highest BCUT2D eigenvalue weighted by Gasteiger charge is 2.31. The second-order valence-electron chi connectivity index (χ2n) is 6.33. The third kappa shape index (κ3) is 6.01. The van der Waals surface area contributed by atoms with Crippen molar-refractivity contribution in [3.05, 3.63) is 63.7 Å². The van der Waals surface area contributed by atoms with Crippen LogP contribution in [0.1, 0.15) is 22.8 Å². The Bertz CT molecular complexity index is 1150. The molecule has 0 heterocycles. The summed E-state index contributed by atoms with van der Waals surface area (Å²) in [4.78, 5) is 33.9. The van der Waals surface area contributed by atoms with E-state index in [0.717, 1.165) is 37.4 Å². The molecular weight excluding hydrogens is 445 g/mol. The maximum atomic E-state index is 12.7. The molecule has 0 bridgehead atoms. The summed E-state index contributed by atoms with van der Waals surface area (Å²) in [5.41, 5.74) is -2.42. The zero-order valence-corrected chi connectivity index (χ0v) is 16.8. The second-order valence-corrected chi connectivity index (χ2v) is 8.31. The highest BCUT2D eigenvalue weighted by atomic mass is 32.2. The van der Waals surface area contributed by atoms with Crippen molar-refractivity contribution in [2.75, 3.05) is 11.6 Å². The number of anilines is 1. The van der Waals surface area contributed by atoms with E-state index in [9.17, 15) is 41.3 Å². The van der Waals surface area contributed by atoms with E-state index in [-0.39, 0.29) is 5.69 Å². The van der Waals surface area contributed by atoms with Crippen molar-refractivity contribution in [1.82, 2.24) is 0 Å². The first-order chi connectivity index (χ1) is 14.2. The molecule has 0 spiro atoms. The predicted molar refractivity (Wildman–Crippen MR) is 101 cm³/mol. The van der Waals surface area contributed by atoms with Gasteiger partial charge in [0, 0.05) is 18.0 Å². The minimum Gasteiger partial charge on any atom is -0.449 e. The molecule has 31 heavy (non-hydrogen) atoms. The largest absolute Gasteiger partial charge is 0.449 e. The minimum absolute atomic E-state index is 0.184. The third-order valence-corrected chi connectivity index (χ3v) is 5.05.